The molecule has 2 fully saturated rings. The lowest BCUT2D eigenvalue weighted by molar-refractivity contribution is -0.155. The number of halogens is 1. The zero-order valence-electron chi connectivity index (χ0n) is 17.1. The zero-order chi connectivity index (χ0) is 20.1. The van der Waals surface area contributed by atoms with Crippen molar-refractivity contribution in [2.24, 2.45) is 0 Å². The van der Waals surface area contributed by atoms with E-state index in [2.05, 4.69) is 34.7 Å². The Morgan fingerprint density at radius 3 is 2.66 bits per heavy atom. The standard InChI is InChI=1S/C22H28ClN3O3/c1-3-27-21(2)8-6-15(7-9-21)20-25-24-19-14-22(28-10-11-29-22)13-16-12-17(23)4-5-18(16)26(19)20/h4-5,12,15H,3,6-11,13-14H2,1-2H3. The summed E-state index contributed by atoms with van der Waals surface area (Å²) in [7, 11) is 0. The van der Waals surface area contributed by atoms with Gasteiger partial charge in [0, 0.05) is 24.0 Å². The van der Waals surface area contributed by atoms with Crippen LogP contribution >= 0.6 is 11.6 Å². The summed E-state index contributed by atoms with van der Waals surface area (Å²) >= 11 is 6.34. The van der Waals surface area contributed by atoms with Gasteiger partial charge in [-0.05, 0) is 63.3 Å². The normalized spacial score (nSPS) is 28.2. The van der Waals surface area contributed by atoms with Crippen molar-refractivity contribution in [3.8, 4) is 5.69 Å². The lowest BCUT2D eigenvalue weighted by Crippen LogP contribution is -2.35. The molecule has 5 rings (SSSR count). The second kappa shape index (κ2) is 7.34. The highest BCUT2D eigenvalue weighted by atomic mass is 35.5. The van der Waals surface area contributed by atoms with Crippen LogP contribution in [0.2, 0.25) is 5.02 Å². The molecule has 1 aromatic heterocycles. The van der Waals surface area contributed by atoms with Crippen molar-refractivity contribution < 1.29 is 14.2 Å². The molecular formula is C22H28ClN3O3. The van der Waals surface area contributed by atoms with E-state index in [4.69, 9.17) is 25.8 Å². The molecule has 0 amide bonds. The highest BCUT2D eigenvalue weighted by molar-refractivity contribution is 6.30. The predicted octanol–water partition coefficient (Wildman–Crippen LogP) is 4.22. The van der Waals surface area contributed by atoms with E-state index in [1.165, 1.54) is 0 Å². The third-order valence-corrected chi connectivity index (χ3v) is 6.87. The Labute approximate surface area is 176 Å². The summed E-state index contributed by atoms with van der Waals surface area (Å²) < 4.78 is 20.4. The molecule has 1 aliphatic carbocycles. The molecule has 6 nitrogen and oxygen atoms in total. The molecule has 3 aliphatic rings. The van der Waals surface area contributed by atoms with Gasteiger partial charge in [0.2, 0.25) is 0 Å². The van der Waals surface area contributed by atoms with E-state index in [0.717, 1.165) is 60.2 Å². The molecule has 3 heterocycles. The molecule has 2 aromatic rings. The smallest absolute Gasteiger partial charge is 0.179 e. The third-order valence-electron chi connectivity index (χ3n) is 6.64. The molecule has 0 N–H and O–H groups in total. The van der Waals surface area contributed by atoms with Gasteiger partial charge in [-0.2, -0.15) is 0 Å². The van der Waals surface area contributed by atoms with E-state index in [1.54, 1.807) is 0 Å². The average Bonchev–Trinajstić information content (AvgIpc) is 3.27. The van der Waals surface area contributed by atoms with Gasteiger partial charge < -0.3 is 14.2 Å². The minimum absolute atomic E-state index is 0.0199. The molecule has 1 aromatic carbocycles. The lowest BCUT2D eigenvalue weighted by atomic mass is 9.79. The van der Waals surface area contributed by atoms with E-state index in [9.17, 15) is 0 Å². The van der Waals surface area contributed by atoms with Crippen molar-refractivity contribution in [2.75, 3.05) is 19.8 Å². The van der Waals surface area contributed by atoms with Gasteiger partial charge in [0.1, 0.15) is 11.6 Å². The minimum Gasteiger partial charge on any atom is -0.376 e. The first-order chi connectivity index (χ1) is 14.0. The van der Waals surface area contributed by atoms with Crippen LogP contribution in [-0.2, 0) is 27.1 Å². The second-order valence-electron chi connectivity index (χ2n) is 8.70. The first-order valence-corrected chi connectivity index (χ1v) is 11.0. The Kier molecular flexibility index (Phi) is 4.93. The fourth-order valence-electron chi connectivity index (χ4n) is 5.16. The Balaban J connectivity index is 1.53. The molecule has 156 valence electrons. The maximum atomic E-state index is 6.34. The first-order valence-electron chi connectivity index (χ1n) is 10.7. The largest absolute Gasteiger partial charge is 0.376 e. The van der Waals surface area contributed by atoms with Crippen LogP contribution in [0.4, 0.5) is 0 Å². The molecular weight excluding hydrogens is 390 g/mol. The topological polar surface area (TPSA) is 58.4 Å². The van der Waals surface area contributed by atoms with E-state index in [0.29, 0.717) is 32.0 Å². The van der Waals surface area contributed by atoms with Gasteiger partial charge in [-0.25, -0.2) is 0 Å². The highest BCUT2D eigenvalue weighted by Gasteiger charge is 2.43. The van der Waals surface area contributed by atoms with Crippen LogP contribution in [-0.4, -0.2) is 46.0 Å². The summed E-state index contributed by atoms with van der Waals surface area (Å²) in [4.78, 5) is 0. The van der Waals surface area contributed by atoms with Gasteiger partial charge in [-0.3, -0.25) is 4.57 Å². The maximum Gasteiger partial charge on any atom is 0.179 e. The molecule has 2 aliphatic heterocycles. The Hall–Kier alpha value is -1.47. The number of benzene rings is 1. The summed E-state index contributed by atoms with van der Waals surface area (Å²) in [6.07, 6.45) is 5.44. The molecule has 1 saturated heterocycles. The van der Waals surface area contributed by atoms with Crippen LogP contribution in [0.15, 0.2) is 18.2 Å². The molecule has 1 saturated carbocycles. The van der Waals surface area contributed by atoms with Crippen molar-refractivity contribution >= 4 is 11.6 Å². The van der Waals surface area contributed by atoms with Crippen LogP contribution in [0.25, 0.3) is 5.69 Å². The second-order valence-corrected chi connectivity index (χ2v) is 9.14. The molecule has 0 unspecified atom stereocenters. The van der Waals surface area contributed by atoms with Crippen LogP contribution in [0.3, 0.4) is 0 Å². The summed E-state index contributed by atoms with van der Waals surface area (Å²) in [5.41, 5.74) is 2.20. The number of aromatic nitrogens is 3. The summed E-state index contributed by atoms with van der Waals surface area (Å²) in [6.45, 7) is 6.27. The lowest BCUT2D eigenvalue weighted by Gasteiger charge is -2.36. The Bertz CT molecular complexity index is 899. The predicted molar refractivity (Wildman–Crippen MR) is 110 cm³/mol. The molecule has 0 bridgehead atoms. The SMILES string of the molecule is CCOC1(C)CCC(c2nnc3n2-c2ccc(Cl)cc2CC2(C3)OCCO2)CC1. The molecule has 0 atom stereocenters. The Morgan fingerprint density at radius 2 is 1.93 bits per heavy atom. The van der Waals surface area contributed by atoms with Crippen LogP contribution in [0, 0.1) is 0 Å². The third kappa shape index (κ3) is 3.50. The van der Waals surface area contributed by atoms with Crippen LogP contribution < -0.4 is 0 Å². The number of rotatable bonds is 3. The van der Waals surface area contributed by atoms with E-state index in [1.807, 2.05) is 12.1 Å². The molecule has 29 heavy (non-hydrogen) atoms. The van der Waals surface area contributed by atoms with Crippen molar-refractivity contribution in [1.29, 1.82) is 0 Å². The van der Waals surface area contributed by atoms with Crippen molar-refractivity contribution in [2.45, 2.75) is 69.7 Å². The van der Waals surface area contributed by atoms with Crippen LogP contribution in [0.1, 0.15) is 62.7 Å². The van der Waals surface area contributed by atoms with Crippen molar-refractivity contribution in [1.82, 2.24) is 14.8 Å². The van der Waals surface area contributed by atoms with Gasteiger partial charge in [0.25, 0.3) is 0 Å². The monoisotopic (exact) mass is 417 g/mol. The fraction of sp³-hybridized carbons (Fsp3) is 0.636. The Morgan fingerprint density at radius 1 is 1.17 bits per heavy atom. The molecule has 0 radical (unpaired) electrons. The summed E-state index contributed by atoms with van der Waals surface area (Å²) in [6, 6.07) is 6.04. The molecule has 7 heteroatoms. The van der Waals surface area contributed by atoms with E-state index < -0.39 is 5.79 Å². The van der Waals surface area contributed by atoms with Gasteiger partial charge in [0.15, 0.2) is 5.79 Å². The van der Waals surface area contributed by atoms with Gasteiger partial charge in [0.05, 0.1) is 30.9 Å². The van der Waals surface area contributed by atoms with Crippen molar-refractivity contribution in [3.05, 3.63) is 40.4 Å². The molecule has 1 spiro atoms. The summed E-state index contributed by atoms with van der Waals surface area (Å²) in [5, 5.41) is 9.98. The number of hydrogen-bond donors (Lipinski definition) is 0. The average molecular weight is 418 g/mol. The first kappa shape index (κ1) is 19.5. The summed E-state index contributed by atoms with van der Waals surface area (Å²) in [5.74, 6) is 1.64. The van der Waals surface area contributed by atoms with Crippen molar-refractivity contribution in [3.63, 3.8) is 0 Å². The zero-order valence-corrected chi connectivity index (χ0v) is 17.9. The van der Waals surface area contributed by atoms with Gasteiger partial charge in [-0.1, -0.05) is 11.6 Å². The van der Waals surface area contributed by atoms with Gasteiger partial charge >= 0.3 is 0 Å². The number of nitrogens with zero attached hydrogens (tertiary/aromatic N) is 3. The highest BCUT2D eigenvalue weighted by Crippen LogP contribution is 2.42. The van der Waals surface area contributed by atoms with E-state index >= 15 is 0 Å². The van der Waals surface area contributed by atoms with E-state index in [-0.39, 0.29) is 5.60 Å². The number of fused-ring (bicyclic) bond motifs is 3. The van der Waals surface area contributed by atoms with Gasteiger partial charge in [-0.15, -0.1) is 10.2 Å². The maximum absolute atomic E-state index is 6.34. The number of ether oxygens (including phenoxy) is 3. The number of hydrogen-bond acceptors (Lipinski definition) is 5. The minimum atomic E-state index is -0.669. The van der Waals surface area contributed by atoms with Crippen LogP contribution in [0.5, 0.6) is 0 Å². The quantitative estimate of drug-likeness (QED) is 0.748. The fourth-order valence-corrected chi connectivity index (χ4v) is 5.35.